The van der Waals surface area contributed by atoms with Gasteiger partial charge in [0.05, 0.1) is 0 Å². The lowest BCUT2D eigenvalue weighted by Gasteiger charge is -2.25. The standard InChI is InChI=1S/C20H27NOSi/c1-23(2,3)15-14-20(22)21(16-18-10-6-4-7-11-18)17-19-12-8-5-9-13-19/h4-13H,14-17H2,1-3H3. The number of carbonyl (C=O) groups is 1. The van der Waals surface area contributed by atoms with Crippen molar-refractivity contribution in [3.8, 4) is 0 Å². The fourth-order valence-corrected chi connectivity index (χ4v) is 3.44. The van der Waals surface area contributed by atoms with Crippen molar-refractivity contribution in [3.05, 3.63) is 71.8 Å². The second-order valence-corrected chi connectivity index (χ2v) is 12.9. The SMILES string of the molecule is C[Si](C)(C)CCC(=O)N(Cc1ccccc1)Cc1ccccc1. The van der Waals surface area contributed by atoms with Gasteiger partial charge in [-0.3, -0.25) is 4.79 Å². The van der Waals surface area contributed by atoms with Gasteiger partial charge in [0.2, 0.25) is 5.91 Å². The Balaban J connectivity index is 2.08. The van der Waals surface area contributed by atoms with Crippen molar-refractivity contribution in [3.63, 3.8) is 0 Å². The molecule has 2 rings (SSSR count). The molecule has 0 bridgehead atoms. The Labute approximate surface area is 141 Å². The summed E-state index contributed by atoms with van der Waals surface area (Å²) in [5, 5.41) is 0. The topological polar surface area (TPSA) is 20.3 Å². The molecule has 23 heavy (non-hydrogen) atoms. The van der Waals surface area contributed by atoms with Crippen molar-refractivity contribution in [2.75, 3.05) is 0 Å². The van der Waals surface area contributed by atoms with Gasteiger partial charge in [0.25, 0.3) is 0 Å². The lowest BCUT2D eigenvalue weighted by Crippen LogP contribution is -2.32. The van der Waals surface area contributed by atoms with Crippen LogP contribution in [0.5, 0.6) is 0 Å². The first-order valence-corrected chi connectivity index (χ1v) is 12.0. The minimum atomic E-state index is -1.20. The molecule has 0 radical (unpaired) electrons. The van der Waals surface area contributed by atoms with Crippen molar-refractivity contribution in [2.45, 2.75) is 45.2 Å². The van der Waals surface area contributed by atoms with Crippen molar-refractivity contribution >= 4 is 14.0 Å². The Hall–Kier alpha value is -1.87. The number of rotatable bonds is 7. The van der Waals surface area contributed by atoms with E-state index >= 15 is 0 Å². The van der Waals surface area contributed by atoms with Crippen LogP contribution in [-0.2, 0) is 17.9 Å². The zero-order valence-corrected chi connectivity index (χ0v) is 15.5. The van der Waals surface area contributed by atoms with Crippen LogP contribution >= 0.6 is 0 Å². The zero-order chi connectivity index (χ0) is 16.7. The maximum absolute atomic E-state index is 12.7. The van der Waals surface area contributed by atoms with Crippen LogP contribution in [0.3, 0.4) is 0 Å². The normalized spacial score (nSPS) is 11.3. The first-order valence-electron chi connectivity index (χ1n) is 8.30. The Morgan fingerprint density at radius 3 is 1.65 bits per heavy atom. The average Bonchev–Trinajstić information content (AvgIpc) is 2.53. The van der Waals surface area contributed by atoms with E-state index in [1.54, 1.807) is 0 Å². The van der Waals surface area contributed by atoms with Crippen molar-refractivity contribution in [1.29, 1.82) is 0 Å². The maximum atomic E-state index is 12.7. The summed E-state index contributed by atoms with van der Waals surface area (Å²) in [6, 6.07) is 21.5. The van der Waals surface area contributed by atoms with E-state index in [9.17, 15) is 4.79 Å². The number of carbonyl (C=O) groups excluding carboxylic acids is 1. The molecular formula is C20H27NOSi. The minimum Gasteiger partial charge on any atom is -0.334 e. The van der Waals surface area contributed by atoms with Gasteiger partial charge in [-0.05, 0) is 17.2 Å². The molecule has 0 saturated heterocycles. The number of benzene rings is 2. The molecule has 2 aromatic rings. The van der Waals surface area contributed by atoms with Crippen molar-refractivity contribution < 1.29 is 4.79 Å². The molecule has 122 valence electrons. The first-order chi connectivity index (χ1) is 10.9. The summed E-state index contributed by atoms with van der Waals surface area (Å²) >= 11 is 0. The summed E-state index contributed by atoms with van der Waals surface area (Å²) in [6.45, 7) is 8.32. The van der Waals surface area contributed by atoms with Crippen LogP contribution in [0, 0.1) is 0 Å². The van der Waals surface area contributed by atoms with Gasteiger partial charge in [0.1, 0.15) is 0 Å². The molecule has 3 heteroatoms. The summed E-state index contributed by atoms with van der Waals surface area (Å²) in [4.78, 5) is 14.7. The molecule has 0 aliphatic rings. The maximum Gasteiger partial charge on any atom is 0.222 e. The van der Waals surface area contributed by atoms with E-state index in [4.69, 9.17) is 0 Å². The Morgan fingerprint density at radius 2 is 1.26 bits per heavy atom. The van der Waals surface area contributed by atoms with E-state index in [0.29, 0.717) is 19.5 Å². The van der Waals surface area contributed by atoms with Gasteiger partial charge in [-0.1, -0.05) is 80.3 Å². The first kappa shape index (κ1) is 17.5. The van der Waals surface area contributed by atoms with E-state index in [0.717, 1.165) is 6.04 Å². The molecule has 0 heterocycles. The van der Waals surface area contributed by atoms with E-state index < -0.39 is 8.07 Å². The monoisotopic (exact) mass is 325 g/mol. The summed E-state index contributed by atoms with van der Waals surface area (Å²) in [5.41, 5.74) is 2.37. The highest BCUT2D eigenvalue weighted by atomic mass is 28.3. The van der Waals surface area contributed by atoms with Crippen LogP contribution in [0.1, 0.15) is 17.5 Å². The molecule has 2 nitrogen and oxygen atoms in total. The predicted octanol–water partition coefficient (Wildman–Crippen LogP) is 4.94. The van der Waals surface area contributed by atoms with Crippen LogP contribution in [0.15, 0.2) is 60.7 Å². The number of amides is 1. The summed E-state index contributed by atoms with van der Waals surface area (Å²) in [5.74, 6) is 0.264. The third kappa shape index (κ3) is 6.41. The molecule has 0 N–H and O–H groups in total. The lowest BCUT2D eigenvalue weighted by molar-refractivity contribution is -0.132. The highest BCUT2D eigenvalue weighted by Gasteiger charge is 2.19. The molecular weight excluding hydrogens is 298 g/mol. The van der Waals surface area contributed by atoms with Crippen molar-refractivity contribution in [1.82, 2.24) is 4.90 Å². The van der Waals surface area contributed by atoms with Gasteiger partial charge < -0.3 is 4.90 Å². The second-order valence-electron chi connectivity index (χ2n) is 7.28. The number of hydrogen-bond acceptors (Lipinski definition) is 1. The van der Waals surface area contributed by atoms with Gasteiger partial charge in [0.15, 0.2) is 0 Å². The molecule has 0 aliphatic carbocycles. The molecule has 0 atom stereocenters. The van der Waals surface area contributed by atoms with Gasteiger partial charge in [-0.2, -0.15) is 0 Å². The highest BCUT2D eigenvalue weighted by Crippen LogP contribution is 2.16. The van der Waals surface area contributed by atoms with E-state index in [-0.39, 0.29) is 5.91 Å². The number of hydrogen-bond donors (Lipinski definition) is 0. The molecule has 1 amide bonds. The van der Waals surface area contributed by atoms with Crippen LogP contribution in [0.2, 0.25) is 25.7 Å². The molecule has 0 unspecified atom stereocenters. The summed E-state index contributed by atoms with van der Waals surface area (Å²) < 4.78 is 0. The molecule has 0 aromatic heterocycles. The summed E-state index contributed by atoms with van der Waals surface area (Å²) in [7, 11) is -1.20. The zero-order valence-electron chi connectivity index (χ0n) is 14.5. The quantitative estimate of drug-likeness (QED) is 0.660. The van der Waals surface area contributed by atoms with Crippen LogP contribution in [-0.4, -0.2) is 18.9 Å². The smallest absolute Gasteiger partial charge is 0.222 e. The second kappa shape index (κ2) is 8.11. The minimum absolute atomic E-state index is 0.264. The Kier molecular flexibility index (Phi) is 6.17. The van der Waals surface area contributed by atoms with E-state index in [1.165, 1.54) is 11.1 Å². The lowest BCUT2D eigenvalue weighted by atomic mass is 10.1. The molecule has 0 saturated carbocycles. The van der Waals surface area contributed by atoms with Crippen LogP contribution in [0.4, 0.5) is 0 Å². The summed E-state index contributed by atoms with van der Waals surface area (Å²) in [6.07, 6.45) is 0.662. The van der Waals surface area contributed by atoms with Gasteiger partial charge in [-0.25, -0.2) is 0 Å². The number of nitrogens with zero attached hydrogens (tertiary/aromatic N) is 1. The van der Waals surface area contributed by atoms with Gasteiger partial charge >= 0.3 is 0 Å². The van der Waals surface area contributed by atoms with E-state index in [1.807, 2.05) is 41.3 Å². The fraction of sp³-hybridized carbons (Fsp3) is 0.350. The van der Waals surface area contributed by atoms with E-state index in [2.05, 4.69) is 43.9 Å². The molecule has 2 aromatic carbocycles. The Morgan fingerprint density at radius 1 is 0.826 bits per heavy atom. The Bertz CT molecular complexity index is 563. The van der Waals surface area contributed by atoms with Gasteiger partial charge in [-0.15, -0.1) is 0 Å². The largest absolute Gasteiger partial charge is 0.334 e. The van der Waals surface area contributed by atoms with Crippen LogP contribution < -0.4 is 0 Å². The highest BCUT2D eigenvalue weighted by molar-refractivity contribution is 6.76. The molecule has 0 aliphatic heterocycles. The average molecular weight is 326 g/mol. The molecule has 0 spiro atoms. The third-order valence-corrected chi connectivity index (χ3v) is 5.62. The van der Waals surface area contributed by atoms with Crippen LogP contribution in [0.25, 0.3) is 0 Å². The van der Waals surface area contributed by atoms with Crippen molar-refractivity contribution in [2.24, 2.45) is 0 Å². The molecule has 0 fully saturated rings. The predicted molar refractivity (Wildman–Crippen MR) is 99.9 cm³/mol. The van der Waals surface area contributed by atoms with Gasteiger partial charge in [0, 0.05) is 27.6 Å². The third-order valence-electron chi connectivity index (χ3n) is 3.87. The fourth-order valence-electron chi connectivity index (χ4n) is 2.48.